The van der Waals surface area contributed by atoms with Gasteiger partial charge in [-0.3, -0.25) is 9.55 Å². The van der Waals surface area contributed by atoms with E-state index in [1.165, 1.54) is 18.7 Å². The van der Waals surface area contributed by atoms with Gasteiger partial charge in [0, 0.05) is 12.2 Å². The third-order valence-electron chi connectivity index (χ3n) is 2.14. The molecule has 2 N–H and O–H groups in total. The number of pyridine rings is 1. The van der Waals surface area contributed by atoms with Crippen LogP contribution < -0.4 is 5.73 Å². The summed E-state index contributed by atoms with van der Waals surface area (Å²) in [6, 6.07) is 1.39. The fourth-order valence-corrected chi connectivity index (χ4v) is 1.41. The van der Waals surface area contributed by atoms with Crippen LogP contribution >= 0.6 is 0 Å². The summed E-state index contributed by atoms with van der Waals surface area (Å²) in [7, 11) is 0. The summed E-state index contributed by atoms with van der Waals surface area (Å²) in [5.41, 5.74) is 6.92. The van der Waals surface area contributed by atoms with E-state index in [2.05, 4.69) is 9.97 Å². The molecule has 15 heavy (non-hydrogen) atoms. The molecule has 2 heterocycles. The van der Waals surface area contributed by atoms with E-state index in [1.54, 1.807) is 16.8 Å². The second-order valence-electron chi connectivity index (χ2n) is 3.30. The van der Waals surface area contributed by atoms with Crippen LogP contribution in [0, 0.1) is 5.82 Å². The first-order valence-electron chi connectivity index (χ1n) is 4.58. The molecule has 1 atom stereocenters. The first-order valence-corrected chi connectivity index (χ1v) is 4.58. The maximum atomic E-state index is 13.4. The lowest BCUT2D eigenvalue weighted by Gasteiger charge is -2.10. The van der Waals surface area contributed by atoms with Crippen LogP contribution in [0.3, 0.4) is 0 Å². The molecule has 0 saturated heterocycles. The van der Waals surface area contributed by atoms with E-state index in [0.717, 1.165) is 5.69 Å². The van der Waals surface area contributed by atoms with Gasteiger partial charge in [-0.15, -0.1) is 0 Å². The third-order valence-corrected chi connectivity index (χ3v) is 2.14. The fourth-order valence-electron chi connectivity index (χ4n) is 1.41. The maximum Gasteiger partial charge on any atom is 0.165 e. The van der Waals surface area contributed by atoms with E-state index in [-0.39, 0.29) is 6.04 Å². The average molecular weight is 206 g/mol. The van der Waals surface area contributed by atoms with Crippen molar-refractivity contribution in [2.45, 2.75) is 13.0 Å². The molecule has 0 bridgehead atoms. The predicted octanol–water partition coefficient (Wildman–Crippen LogP) is 1.43. The Morgan fingerprint density at radius 3 is 2.87 bits per heavy atom. The molecule has 0 amide bonds. The van der Waals surface area contributed by atoms with Gasteiger partial charge in [0.05, 0.1) is 30.1 Å². The molecular formula is C10H11FN4. The van der Waals surface area contributed by atoms with Crippen LogP contribution in [-0.2, 0) is 0 Å². The van der Waals surface area contributed by atoms with Gasteiger partial charge < -0.3 is 5.73 Å². The van der Waals surface area contributed by atoms with Crippen LogP contribution in [0.1, 0.15) is 18.7 Å². The number of nitrogens with two attached hydrogens (primary N) is 1. The molecule has 2 aromatic rings. The van der Waals surface area contributed by atoms with Crippen molar-refractivity contribution in [2.75, 3.05) is 0 Å². The lowest BCUT2D eigenvalue weighted by molar-refractivity contribution is 0.606. The molecule has 0 unspecified atom stereocenters. The Morgan fingerprint density at radius 1 is 1.40 bits per heavy atom. The van der Waals surface area contributed by atoms with Gasteiger partial charge in [0.2, 0.25) is 0 Å². The van der Waals surface area contributed by atoms with Crippen molar-refractivity contribution in [2.24, 2.45) is 5.73 Å². The van der Waals surface area contributed by atoms with Gasteiger partial charge in [-0.1, -0.05) is 0 Å². The maximum absolute atomic E-state index is 13.4. The van der Waals surface area contributed by atoms with Crippen LogP contribution in [0.5, 0.6) is 0 Å². The van der Waals surface area contributed by atoms with E-state index >= 15 is 0 Å². The van der Waals surface area contributed by atoms with Gasteiger partial charge in [-0.05, 0) is 13.0 Å². The minimum Gasteiger partial charge on any atom is -0.323 e. The molecule has 0 fully saturated rings. The summed E-state index contributed by atoms with van der Waals surface area (Å²) < 4.78 is 15.1. The standard InChI is InChI=1S/C10H11FN4/c1-7(12)10-5-14-6-15(10)9-2-3-13-4-8(9)11/h2-7H,12H2,1H3/t7-/m0/s1. The minimum atomic E-state index is -0.391. The molecule has 2 aromatic heterocycles. The van der Waals surface area contributed by atoms with Crippen molar-refractivity contribution in [3.63, 3.8) is 0 Å². The molecule has 2 rings (SSSR count). The number of nitrogens with zero attached hydrogens (tertiary/aromatic N) is 3. The number of rotatable bonds is 2. The van der Waals surface area contributed by atoms with Gasteiger partial charge >= 0.3 is 0 Å². The number of hydrogen-bond acceptors (Lipinski definition) is 3. The summed E-state index contributed by atoms with van der Waals surface area (Å²) >= 11 is 0. The first-order chi connectivity index (χ1) is 7.20. The molecule has 0 saturated carbocycles. The van der Waals surface area contributed by atoms with Crippen molar-refractivity contribution in [3.8, 4) is 5.69 Å². The highest BCUT2D eigenvalue weighted by Crippen LogP contribution is 2.17. The summed E-state index contributed by atoms with van der Waals surface area (Å²) in [4.78, 5) is 7.65. The largest absolute Gasteiger partial charge is 0.323 e. The number of aromatic nitrogens is 3. The van der Waals surface area contributed by atoms with E-state index in [0.29, 0.717) is 5.69 Å². The van der Waals surface area contributed by atoms with Crippen molar-refractivity contribution >= 4 is 0 Å². The summed E-state index contributed by atoms with van der Waals surface area (Å²) in [6.45, 7) is 1.83. The SMILES string of the molecule is C[C@H](N)c1cncn1-c1ccncc1F. The van der Waals surface area contributed by atoms with Crippen molar-refractivity contribution in [3.05, 3.63) is 42.5 Å². The highest BCUT2D eigenvalue weighted by molar-refractivity contribution is 5.33. The summed E-state index contributed by atoms with van der Waals surface area (Å²) in [6.07, 6.45) is 5.87. The van der Waals surface area contributed by atoms with Gasteiger partial charge in [0.15, 0.2) is 5.82 Å². The predicted molar refractivity (Wildman–Crippen MR) is 53.9 cm³/mol. The minimum absolute atomic E-state index is 0.194. The van der Waals surface area contributed by atoms with Crippen LogP contribution in [0.15, 0.2) is 31.0 Å². The Balaban J connectivity index is 2.55. The zero-order valence-electron chi connectivity index (χ0n) is 8.26. The van der Waals surface area contributed by atoms with Gasteiger partial charge in [-0.25, -0.2) is 9.37 Å². The van der Waals surface area contributed by atoms with E-state index in [4.69, 9.17) is 5.73 Å². The zero-order chi connectivity index (χ0) is 10.8. The lowest BCUT2D eigenvalue weighted by atomic mass is 10.2. The second kappa shape index (κ2) is 3.78. The average Bonchev–Trinajstić information content (AvgIpc) is 2.67. The second-order valence-corrected chi connectivity index (χ2v) is 3.30. The van der Waals surface area contributed by atoms with Crippen LogP contribution in [0.2, 0.25) is 0 Å². The Hall–Kier alpha value is -1.75. The molecule has 0 aromatic carbocycles. The molecule has 78 valence electrons. The summed E-state index contributed by atoms with van der Waals surface area (Å²) in [5, 5.41) is 0. The Bertz CT molecular complexity index is 464. The number of halogens is 1. The molecule has 0 aliphatic carbocycles. The fraction of sp³-hybridized carbons (Fsp3) is 0.200. The number of imidazole rings is 1. The zero-order valence-corrected chi connectivity index (χ0v) is 8.26. The normalized spacial score (nSPS) is 12.7. The van der Waals surface area contributed by atoms with Crippen LogP contribution in [-0.4, -0.2) is 14.5 Å². The molecule has 4 nitrogen and oxygen atoms in total. The molecule has 0 spiro atoms. The Kier molecular flexibility index (Phi) is 2.47. The third kappa shape index (κ3) is 1.73. The quantitative estimate of drug-likeness (QED) is 0.808. The molecule has 0 aliphatic rings. The highest BCUT2D eigenvalue weighted by Gasteiger charge is 2.11. The van der Waals surface area contributed by atoms with Gasteiger partial charge in [-0.2, -0.15) is 0 Å². The number of hydrogen-bond donors (Lipinski definition) is 1. The lowest BCUT2D eigenvalue weighted by Crippen LogP contribution is -2.11. The van der Waals surface area contributed by atoms with E-state index in [9.17, 15) is 4.39 Å². The van der Waals surface area contributed by atoms with E-state index in [1.807, 2.05) is 6.92 Å². The smallest absolute Gasteiger partial charge is 0.165 e. The Labute approximate surface area is 86.6 Å². The molecular weight excluding hydrogens is 195 g/mol. The summed E-state index contributed by atoms with van der Waals surface area (Å²) in [5.74, 6) is -0.391. The van der Waals surface area contributed by atoms with Crippen LogP contribution in [0.4, 0.5) is 4.39 Å². The monoisotopic (exact) mass is 206 g/mol. The van der Waals surface area contributed by atoms with Crippen molar-refractivity contribution in [1.82, 2.24) is 14.5 Å². The topological polar surface area (TPSA) is 56.7 Å². The van der Waals surface area contributed by atoms with Crippen molar-refractivity contribution < 1.29 is 4.39 Å². The van der Waals surface area contributed by atoms with E-state index < -0.39 is 5.82 Å². The Morgan fingerprint density at radius 2 is 2.20 bits per heavy atom. The molecule has 5 heteroatoms. The first kappa shape index (κ1) is 9.79. The van der Waals surface area contributed by atoms with Gasteiger partial charge in [0.25, 0.3) is 0 Å². The van der Waals surface area contributed by atoms with Gasteiger partial charge in [0.1, 0.15) is 0 Å². The molecule has 0 radical (unpaired) electrons. The van der Waals surface area contributed by atoms with Crippen LogP contribution in [0.25, 0.3) is 5.69 Å². The van der Waals surface area contributed by atoms with Crippen molar-refractivity contribution in [1.29, 1.82) is 0 Å². The highest BCUT2D eigenvalue weighted by atomic mass is 19.1. The molecule has 0 aliphatic heterocycles.